The number of ketones is 1. The van der Waals surface area contributed by atoms with Crippen LogP contribution in [0.3, 0.4) is 0 Å². The minimum absolute atomic E-state index is 0.0508. The molecule has 0 saturated carbocycles. The van der Waals surface area contributed by atoms with Crippen LogP contribution in [-0.4, -0.2) is 157 Å². The molecule has 5 saturated heterocycles. The highest BCUT2D eigenvalue weighted by molar-refractivity contribution is 5.79. The third kappa shape index (κ3) is 27.9. The average molecular weight is 1210 g/mol. The predicted molar refractivity (Wildman–Crippen MR) is 335 cm³/mol. The van der Waals surface area contributed by atoms with Gasteiger partial charge in [0.25, 0.3) is 0 Å². The number of aliphatic hydroxyl groups is 8. The van der Waals surface area contributed by atoms with Gasteiger partial charge in [0.05, 0.1) is 73.2 Å². The lowest BCUT2D eigenvalue weighted by Gasteiger charge is -2.43. The van der Waals surface area contributed by atoms with Crippen LogP contribution in [0.25, 0.3) is 0 Å². The Bertz CT molecular complexity index is 1790. The maximum Gasteiger partial charge on any atom is 0.171 e. The smallest absolute Gasteiger partial charge is 0.171 e. The molecule has 5 aliphatic heterocycles. The summed E-state index contributed by atoms with van der Waals surface area (Å²) in [5.41, 5.74) is 0.902. The fourth-order valence-corrected chi connectivity index (χ4v) is 14.7. The van der Waals surface area contributed by atoms with Crippen LogP contribution in [-0.2, 0) is 33.2 Å². The molecule has 2 spiro atoms. The number of carbonyl (C=O) groups excluding carboxylic acids is 1. The van der Waals surface area contributed by atoms with Gasteiger partial charge in [0.15, 0.2) is 11.6 Å². The summed E-state index contributed by atoms with van der Waals surface area (Å²) in [6.07, 6.45) is 31.8. The molecule has 0 radical (unpaired) electrons. The summed E-state index contributed by atoms with van der Waals surface area (Å²) < 4.78 is 37.4. The molecular weight excluding hydrogens is 1080 g/mol. The monoisotopic (exact) mass is 1210 g/mol. The Labute approximate surface area is 515 Å². The fraction of sp³-hybridized carbons (Fsp3) is 0.929. The van der Waals surface area contributed by atoms with Crippen LogP contribution in [0.15, 0.2) is 24.8 Å². The van der Waals surface area contributed by atoms with Crippen molar-refractivity contribution in [1.82, 2.24) is 0 Å². The van der Waals surface area contributed by atoms with Gasteiger partial charge in [-0.3, -0.25) is 4.79 Å². The number of ether oxygens (including phenoxy) is 6. The number of methoxy groups -OCH3 is 1. The van der Waals surface area contributed by atoms with Crippen molar-refractivity contribution in [3.8, 4) is 0 Å². The third-order valence-corrected chi connectivity index (χ3v) is 19.6. The van der Waals surface area contributed by atoms with Gasteiger partial charge in [-0.15, -0.1) is 6.58 Å². The van der Waals surface area contributed by atoms with Gasteiger partial charge in [-0.2, -0.15) is 0 Å². The van der Waals surface area contributed by atoms with Crippen molar-refractivity contribution in [2.75, 3.05) is 7.11 Å². The second-order valence-electron chi connectivity index (χ2n) is 27.6. The number of unbranched alkanes of at least 4 members (excludes halogenated alkanes) is 23. The van der Waals surface area contributed by atoms with Gasteiger partial charge in [-0.1, -0.05) is 186 Å². The maximum atomic E-state index is 12.8. The predicted octanol–water partition coefficient (Wildman–Crippen LogP) is 12.8. The number of hydrogen-bond donors (Lipinski definition) is 8. The second-order valence-corrected chi connectivity index (χ2v) is 27.6. The van der Waals surface area contributed by atoms with Crippen molar-refractivity contribution in [1.29, 1.82) is 0 Å². The van der Waals surface area contributed by atoms with Crippen LogP contribution >= 0.6 is 0 Å². The van der Waals surface area contributed by atoms with Gasteiger partial charge < -0.3 is 69.3 Å². The molecule has 7 unspecified atom stereocenters. The average Bonchev–Trinajstić information content (AvgIpc) is 3.20. The number of aliphatic hydroxyl groups excluding tert-OH is 8. The van der Waals surface area contributed by atoms with Crippen molar-refractivity contribution in [3.63, 3.8) is 0 Å². The first-order chi connectivity index (χ1) is 41.0. The Balaban J connectivity index is 0.884. The van der Waals surface area contributed by atoms with Crippen molar-refractivity contribution in [2.45, 2.75) is 399 Å². The number of rotatable bonds is 49. The minimum atomic E-state index is -1.32. The van der Waals surface area contributed by atoms with E-state index in [1.807, 2.05) is 6.08 Å². The molecule has 0 amide bonds. The van der Waals surface area contributed by atoms with E-state index in [9.17, 15) is 45.6 Å². The summed E-state index contributed by atoms with van der Waals surface area (Å²) >= 11 is 0. The molecule has 0 aromatic carbocycles. The van der Waals surface area contributed by atoms with Crippen LogP contribution in [0, 0.1) is 5.92 Å². The first kappa shape index (κ1) is 74.3. The van der Waals surface area contributed by atoms with E-state index in [-0.39, 0.29) is 62.4 Å². The Kier molecular flexibility index (Phi) is 36.0. The van der Waals surface area contributed by atoms with Crippen LogP contribution in [0.2, 0.25) is 0 Å². The summed E-state index contributed by atoms with van der Waals surface area (Å²) in [6, 6.07) is 0. The van der Waals surface area contributed by atoms with E-state index in [0.717, 1.165) is 69.8 Å². The highest BCUT2D eigenvalue weighted by atomic mass is 16.7. The van der Waals surface area contributed by atoms with E-state index in [2.05, 4.69) is 27.0 Å². The van der Waals surface area contributed by atoms with Crippen LogP contribution in [0.4, 0.5) is 0 Å². The van der Waals surface area contributed by atoms with Gasteiger partial charge >= 0.3 is 0 Å². The van der Waals surface area contributed by atoms with E-state index in [0.29, 0.717) is 32.1 Å². The van der Waals surface area contributed by atoms with Crippen LogP contribution in [0.1, 0.15) is 296 Å². The van der Waals surface area contributed by atoms with Crippen molar-refractivity contribution < 1.29 is 74.1 Å². The SMILES string of the molecule is C=CCCCCCCCCCCCCCCCCCCCCCC1CC[C@]2(C[C@@H](O)[C@H](CC(O)CC(C)CCCC3CC[C@@]4(C[C@@H](O)[C@H](CC(O)C[C@H]5O[C@@H](CC(O)CC(=O)CC(O)CC(=C)CCCCCCC)[C@H](O)[C@@H](OC)[C@@H]5O)O4)O3)O2)O1. The van der Waals surface area contributed by atoms with Gasteiger partial charge in [-0.25, -0.2) is 0 Å². The Morgan fingerprint density at radius 2 is 0.988 bits per heavy atom. The van der Waals surface area contributed by atoms with E-state index < -0.39 is 90.9 Å². The van der Waals surface area contributed by atoms with Gasteiger partial charge in [-0.05, 0) is 70.1 Å². The molecule has 5 heterocycles. The summed E-state index contributed by atoms with van der Waals surface area (Å²) in [6.45, 7) is 12.2. The number of Topliss-reactive ketones (excluding diaryl/α,β-unsaturated/α-hetero) is 1. The molecule has 15 heteroatoms. The van der Waals surface area contributed by atoms with E-state index in [1.54, 1.807) is 0 Å². The highest BCUT2D eigenvalue weighted by Gasteiger charge is 2.53. The normalized spacial score (nSPS) is 31.3. The largest absolute Gasteiger partial charge is 0.393 e. The minimum Gasteiger partial charge on any atom is -0.393 e. The van der Waals surface area contributed by atoms with E-state index in [4.69, 9.17) is 28.4 Å². The number of allylic oxidation sites excluding steroid dienone is 1. The molecule has 15 nitrogen and oxygen atoms in total. The van der Waals surface area contributed by atoms with Crippen molar-refractivity contribution in [3.05, 3.63) is 24.8 Å². The summed E-state index contributed by atoms with van der Waals surface area (Å²) in [5.74, 6) is -1.75. The lowest BCUT2D eigenvalue weighted by atomic mass is 9.88. The summed E-state index contributed by atoms with van der Waals surface area (Å²) in [5, 5.41) is 88.4. The van der Waals surface area contributed by atoms with E-state index >= 15 is 0 Å². The maximum absolute atomic E-state index is 12.8. The Hall–Kier alpha value is -1.41. The van der Waals surface area contributed by atoms with Gasteiger partial charge in [0.2, 0.25) is 0 Å². The summed E-state index contributed by atoms with van der Waals surface area (Å²) in [7, 11) is 1.35. The van der Waals surface area contributed by atoms with Gasteiger partial charge in [0.1, 0.15) is 24.1 Å². The third-order valence-electron chi connectivity index (χ3n) is 19.6. The zero-order chi connectivity index (χ0) is 61.5. The zero-order valence-electron chi connectivity index (χ0n) is 53.8. The first-order valence-electron chi connectivity index (χ1n) is 35.1. The van der Waals surface area contributed by atoms with Crippen molar-refractivity contribution in [2.24, 2.45) is 5.92 Å². The summed E-state index contributed by atoms with van der Waals surface area (Å²) in [4.78, 5) is 12.8. The highest BCUT2D eigenvalue weighted by Crippen LogP contribution is 2.46. The Morgan fingerprint density at radius 1 is 0.553 bits per heavy atom. The number of hydrogen-bond acceptors (Lipinski definition) is 15. The molecule has 5 aliphatic rings. The molecule has 496 valence electrons. The molecule has 5 fully saturated rings. The standard InChI is InChI=1S/C70H126O15/c1-6-8-10-12-13-14-15-16-17-18-19-20-21-22-23-24-25-26-27-29-31-35-58-37-39-69(82-58)49-60(76)62(84-69)45-54(72)42-52(4)34-32-36-59-38-40-70(83-59)50-61(77)63(85-70)46-57(75)48-65-67(79)68(80-5)66(78)64(81-65)47-56(74)44-55(73)43-53(71)41-51(3)33-30-28-11-9-7-2/h6,52-54,56-68,71-72,74-79H,1,3,7-50H2,2,4-5H3/t52?,53?,54?,56?,57?,58?,59?,60-,61-,62+,63+,64+,65-,66+,67-,68-,69+,70-/m1/s1. The lowest BCUT2D eigenvalue weighted by molar-refractivity contribution is -0.241. The first-order valence-corrected chi connectivity index (χ1v) is 35.1. The van der Waals surface area contributed by atoms with Crippen LogP contribution in [0.5, 0.6) is 0 Å². The molecule has 0 aromatic heterocycles. The second kappa shape index (κ2) is 41.1. The molecule has 0 aliphatic carbocycles. The molecular formula is C70H126O15. The van der Waals surface area contributed by atoms with E-state index in [1.165, 1.54) is 155 Å². The lowest BCUT2D eigenvalue weighted by Crippen LogP contribution is -2.59. The molecule has 0 bridgehead atoms. The van der Waals surface area contributed by atoms with Crippen molar-refractivity contribution >= 4 is 5.78 Å². The fourth-order valence-electron chi connectivity index (χ4n) is 14.7. The van der Waals surface area contributed by atoms with Gasteiger partial charge in [0, 0.05) is 71.3 Å². The molecule has 18 atom stereocenters. The quantitative estimate of drug-likeness (QED) is 0.0209. The van der Waals surface area contributed by atoms with Crippen LogP contribution < -0.4 is 0 Å². The topological polar surface area (TPSA) is 234 Å². The molecule has 85 heavy (non-hydrogen) atoms. The molecule has 5 rings (SSSR count). The number of carbonyl (C=O) groups is 1. The molecule has 0 aromatic rings. The Morgan fingerprint density at radius 3 is 1.49 bits per heavy atom. The zero-order valence-corrected chi connectivity index (χ0v) is 53.8. The molecule has 8 N–H and O–H groups in total.